The van der Waals surface area contributed by atoms with Gasteiger partial charge in [0.25, 0.3) is 11.8 Å². The summed E-state index contributed by atoms with van der Waals surface area (Å²) in [5, 5.41) is 11.9. The Bertz CT molecular complexity index is 900. The first-order chi connectivity index (χ1) is 13.8. The third-order valence-electron chi connectivity index (χ3n) is 4.52. The van der Waals surface area contributed by atoms with Gasteiger partial charge >= 0.3 is 5.97 Å². The van der Waals surface area contributed by atoms with Crippen LogP contribution < -0.4 is 10.1 Å². The standard InChI is InChI=1S/C22H24N2O5/c1-14(2)12-24(13-20(25)26)22(28)16-7-5-8-17(10-16)23-21(27)19-11-15-6-3-4-9-18(15)29-19/h3-10,14,19H,11-13H2,1-2H3,(H,23,27)(H,25,26). The van der Waals surface area contributed by atoms with E-state index in [1.807, 2.05) is 38.1 Å². The second-order valence-electron chi connectivity index (χ2n) is 7.46. The van der Waals surface area contributed by atoms with E-state index in [2.05, 4.69) is 5.32 Å². The Morgan fingerprint density at radius 3 is 2.62 bits per heavy atom. The largest absolute Gasteiger partial charge is 0.480 e. The molecule has 1 aliphatic rings. The van der Waals surface area contributed by atoms with Crippen LogP contribution in [0.15, 0.2) is 48.5 Å². The van der Waals surface area contributed by atoms with Gasteiger partial charge in [-0.25, -0.2) is 0 Å². The normalized spacial score (nSPS) is 14.8. The Balaban J connectivity index is 1.69. The van der Waals surface area contributed by atoms with Crippen molar-refractivity contribution in [2.24, 2.45) is 5.92 Å². The smallest absolute Gasteiger partial charge is 0.323 e. The predicted molar refractivity (Wildman–Crippen MR) is 108 cm³/mol. The number of para-hydroxylation sites is 1. The molecular weight excluding hydrogens is 372 g/mol. The van der Waals surface area contributed by atoms with E-state index in [9.17, 15) is 14.4 Å². The van der Waals surface area contributed by atoms with Crippen LogP contribution >= 0.6 is 0 Å². The molecule has 1 atom stereocenters. The summed E-state index contributed by atoms with van der Waals surface area (Å²) in [6.45, 7) is 3.79. The summed E-state index contributed by atoms with van der Waals surface area (Å²) < 4.78 is 5.69. The molecule has 3 rings (SSSR count). The fraction of sp³-hybridized carbons (Fsp3) is 0.318. The topological polar surface area (TPSA) is 95.9 Å². The van der Waals surface area contributed by atoms with Gasteiger partial charge in [-0.15, -0.1) is 0 Å². The SMILES string of the molecule is CC(C)CN(CC(=O)O)C(=O)c1cccc(NC(=O)C2Cc3ccccc3O2)c1. The molecule has 29 heavy (non-hydrogen) atoms. The van der Waals surface area contributed by atoms with Gasteiger partial charge < -0.3 is 20.1 Å². The Hall–Kier alpha value is -3.35. The third kappa shape index (κ3) is 5.13. The number of carboxylic acids is 1. The maximum atomic E-state index is 12.8. The number of ether oxygens (including phenoxy) is 1. The Kier molecular flexibility index (Phi) is 6.16. The van der Waals surface area contributed by atoms with Crippen molar-refractivity contribution in [3.05, 3.63) is 59.7 Å². The molecule has 2 aromatic carbocycles. The number of anilines is 1. The van der Waals surface area contributed by atoms with E-state index in [0.29, 0.717) is 30.0 Å². The Morgan fingerprint density at radius 1 is 1.17 bits per heavy atom. The highest BCUT2D eigenvalue weighted by molar-refractivity contribution is 5.99. The highest BCUT2D eigenvalue weighted by Gasteiger charge is 2.29. The zero-order valence-corrected chi connectivity index (χ0v) is 16.4. The molecule has 7 heteroatoms. The van der Waals surface area contributed by atoms with Crippen molar-refractivity contribution in [1.29, 1.82) is 0 Å². The van der Waals surface area contributed by atoms with Gasteiger partial charge in [0.1, 0.15) is 12.3 Å². The van der Waals surface area contributed by atoms with Crippen molar-refractivity contribution in [2.75, 3.05) is 18.4 Å². The Morgan fingerprint density at radius 2 is 1.93 bits per heavy atom. The predicted octanol–water partition coefficient (Wildman–Crippen LogP) is 2.81. The number of nitrogens with one attached hydrogen (secondary N) is 1. The van der Waals surface area contributed by atoms with Crippen LogP contribution in [-0.2, 0) is 16.0 Å². The molecule has 0 saturated carbocycles. The number of fused-ring (bicyclic) bond motifs is 1. The molecule has 2 aromatic rings. The molecule has 1 unspecified atom stereocenters. The molecule has 1 heterocycles. The molecule has 0 bridgehead atoms. The zero-order valence-electron chi connectivity index (χ0n) is 16.4. The van der Waals surface area contributed by atoms with Gasteiger partial charge in [-0.05, 0) is 35.7 Å². The molecule has 0 saturated heterocycles. The molecule has 7 nitrogen and oxygen atoms in total. The number of rotatable bonds is 7. The molecule has 1 aliphatic heterocycles. The molecule has 2 N–H and O–H groups in total. The van der Waals surface area contributed by atoms with Gasteiger partial charge in [-0.2, -0.15) is 0 Å². The molecule has 0 radical (unpaired) electrons. The number of nitrogens with zero attached hydrogens (tertiary/aromatic N) is 1. The number of hydrogen-bond donors (Lipinski definition) is 2. The van der Waals surface area contributed by atoms with Crippen LogP contribution in [-0.4, -0.2) is 47.0 Å². The molecular formula is C22H24N2O5. The molecule has 0 fully saturated rings. The lowest BCUT2D eigenvalue weighted by atomic mass is 10.1. The minimum absolute atomic E-state index is 0.127. The van der Waals surface area contributed by atoms with Crippen molar-refractivity contribution in [1.82, 2.24) is 4.90 Å². The van der Waals surface area contributed by atoms with Crippen LogP contribution in [0.25, 0.3) is 0 Å². The second-order valence-corrected chi connectivity index (χ2v) is 7.46. The minimum Gasteiger partial charge on any atom is -0.480 e. The van der Waals surface area contributed by atoms with Gasteiger partial charge in [-0.1, -0.05) is 38.1 Å². The van der Waals surface area contributed by atoms with Crippen LogP contribution in [0, 0.1) is 5.92 Å². The van der Waals surface area contributed by atoms with E-state index in [4.69, 9.17) is 9.84 Å². The number of amides is 2. The monoisotopic (exact) mass is 396 g/mol. The minimum atomic E-state index is -1.07. The van der Waals surface area contributed by atoms with Crippen LogP contribution in [0.2, 0.25) is 0 Å². The van der Waals surface area contributed by atoms with Crippen molar-refractivity contribution < 1.29 is 24.2 Å². The maximum Gasteiger partial charge on any atom is 0.323 e. The summed E-state index contributed by atoms with van der Waals surface area (Å²) in [4.78, 5) is 37.8. The number of hydrogen-bond acceptors (Lipinski definition) is 4. The van der Waals surface area contributed by atoms with E-state index in [1.165, 1.54) is 4.90 Å². The second kappa shape index (κ2) is 8.77. The van der Waals surface area contributed by atoms with E-state index in [0.717, 1.165) is 5.56 Å². The highest BCUT2D eigenvalue weighted by atomic mass is 16.5. The van der Waals surface area contributed by atoms with E-state index >= 15 is 0 Å². The van der Waals surface area contributed by atoms with E-state index < -0.39 is 12.1 Å². The number of carbonyl (C=O) groups excluding carboxylic acids is 2. The van der Waals surface area contributed by atoms with Crippen LogP contribution in [0.5, 0.6) is 5.75 Å². The first-order valence-corrected chi connectivity index (χ1v) is 9.50. The van der Waals surface area contributed by atoms with Crippen molar-refractivity contribution in [2.45, 2.75) is 26.4 Å². The van der Waals surface area contributed by atoms with E-state index in [1.54, 1.807) is 24.3 Å². The molecule has 0 aromatic heterocycles. The third-order valence-corrected chi connectivity index (χ3v) is 4.52. The number of benzene rings is 2. The fourth-order valence-corrected chi connectivity index (χ4v) is 3.29. The zero-order chi connectivity index (χ0) is 21.0. The summed E-state index contributed by atoms with van der Waals surface area (Å²) in [6.07, 6.45) is -0.141. The number of carbonyl (C=O) groups is 3. The lowest BCUT2D eigenvalue weighted by Crippen LogP contribution is -2.38. The van der Waals surface area contributed by atoms with E-state index in [-0.39, 0.29) is 24.3 Å². The average molecular weight is 396 g/mol. The fourth-order valence-electron chi connectivity index (χ4n) is 3.29. The Labute approximate surface area is 169 Å². The lowest BCUT2D eigenvalue weighted by molar-refractivity contribution is -0.137. The summed E-state index contributed by atoms with van der Waals surface area (Å²) in [5.41, 5.74) is 1.76. The van der Waals surface area contributed by atoms with Crippen LogP contribution in [0.1, 0.15) is 29.8 Å². The summed E-state index contributed by atoms with van der Waals surface area (Å²) in [5.74, 6) is -0.921. The summed E-state index contributed by atoms with van der Waals surface area (Å²) in [7, 11) is 0. The van der Waals surface area contributed by atoms with Gasteiger partial charge in [0, 0.05) is 24.2 Å². The van der Waals surface area contributed by atoms with Crippen LogP contribution in [0.4, 0.5) is 5.69 Å². The lowest BCUT2D eigenvalue weighted by Gasteiger charge is -2.23. The molecule has 0 aliphatic carbocycles. The first-order valence-electron chi connectivity index (χ1n) is 9.50. The van der Waals surface area contributed by atoms with Gasteiger partial charge in [-0.3, -0.25) is 14.4 Å². The number of aliphatic carboxylic acids is 1. The maximum absolute atomic E-state index is 12.8. The van der Waals surface area contributed by atoms with Gasteiger partial charge in [0.15, 0.2) is 6.10 Å². The van der Waals surface area contributed by atoms with Gasteiger partial charge in [0.2, 0.25) is 0 Å². The average Bonchev–Trinajstić information content (AvgIpc) is 3.11. The molecule has 0 spiro atoms. The first kappa shape index (κ1) is 20.4. The highest BCUT2D eigenvalue weighted by Crippen LogP contribution is 2.28. The molecule has 2 amide bonds. The quantitative estimate of drug-likeness (QED) is 0.750. The van der Waals surface area contributed by atoms with Crippen LogP contribution in [0.3, 0.4) is 0 Å². The van der Waals surface area contributed by atoms with Crippen molar-refractivity contribution >= 4 is 23.5 Å². The number of carboxylic acid groups (broad SMARTS) is 1. The summed E-state index contributed by atoms with van der Waals surface area (Å²) >= 11 is 0. The molecule has 152 valence electrons. The van der Waals surface area contributed by atoms with Gasteiger partial charge in [0.05, 0.1) is 0 Å². The van der Waals surface area contributed by atoms with Crippen molar-refractivity contribution in [3.63, 3.8) is 0 Å². The summed E-state index contributed by atoms with van der Waals surface area (Å²) in [6, 6.07) is 14.0. The van der Waals surface area contributed by atoms with Crippen molar-refractivity contribution in [3.8, 4) is 5.75 Å².